The normalized spacial score (nSPS) is 17.3. The Morgan fingerprint density at radius 3 is 2.26 bits per heavy atom. The minimum absolute atomic E-state index is 0. The van der Waals surface area contributed by atoms with Gasteiger partial charge in [-0.15, -0.1) is 12.4 Å². The molecule has 1 N–H and O–H groups in total. The van der Waals surface area contributed by atoms with Crippen molar-refractivity contribution in [3.05, 3.63) is 35.4 Å². The molecule has 1 aromatic rings. The Kier molecular flexibility index (Phi) is 7.52. The first-order valence-electron chi connectivity index (χ1n) is 7.99. The molecule has 0 bridgehead atoms. The zero-order valence-corrected chi connectivity index (χ0v) is 14.9. The summed E-state index contributed by atoms with van der Waals surface area (Å²) in [5, 5.41) is 3.28. The minimum Gasteiger partial charge on any atom is -0.339 e. The van der Waals surface area contributed by atoms with E-state index in [2.05, 4.69) is 5.32 Å². The van der Waals surface area contributed by atoms with Crippen LogP contribution in [0.15, 0.2) is 24.3 Å². The molecular formula is C17H26ClN3O2. The van der Waals surface area contributed by atoms with Crippen molar-refractivity contribution in [1.82, 2.24) is 15.1 Å². The molecule has 23 heavy (non-hydrogen) atoms. The van der Waals surface area contributed by atoms with Crippen LogP contribution in [-0.2, 0) is 0 Å². The van der Waals surface area contributed by atoms with Crippen LogP contribution in [0.3, 0.4) is 0 Å². The van der Waals surface area contributed by atoms with Gasteiger partial charge < -0.3 is 15.1 Å². The Labute approximate surface area is 144 Å². The van der Waals surface area contributed by atoms with Crippen LogP contribution in [-0.4, -0.2) is 60.4 Å². The predicted octanol–water partition coefficient (Wildman–Crippen LogP) is 2.02. The lowest BCUT2D eigenvalue weighted by atomic mass is 10.1. The molecular weight excluding hydrogens is 314 g/mol. The quantitative estimate of drug-likeness (QED) is 0.913. The van der Waals surface area contributed by atoms with Crippen molar-refractivity contribution in [2.24, 2.45) is 0 Å². The topological polar surface area (TPSA) is 52.7 Å². The number of rotatable bonds is 4. The zero-order chi connectivity index (χ0) is 16.1. The van der Waals surface area contributed by atoms with Gasteiger partial charge in [-0.2, -0.15) is 0 Å². The summed E-state index contributed by atoms with van der Waals surface area (Å²) in [6.07, 6.45) is 0. The number of halogens is 1. The Bertz CT molecular complexity index is 529. The van der Waals surface area contributed by atoms with Crippen molar-refractivity contribution in [2.75, 3.05) is 32.7 Å². The molecule has 2 rings (SSSR count). The van der Waals surface area contributed by atoms with E-state index in [4.69, 9.17) is 0 Å². The van der Waals surface area contributed by atoms with Crippen LogP contribution in [0.1, 0.15) is 41.5 Å². The Morgan fingerprint density at radius 1 is 1.17 bits per heavy atom. The van der Waals surface area contributed by atoms with E-state index in [0.29, 0.717) is 24.2 Å². The number of hydrogen-bond acceptors (Lipinski definition) is 3. The number of nitrogens with one attached hydrogen (secondary N) is 1. The summed E-state index contributed by atoms with van der Waals surface area (Å²) < 4.78 is 0. The lowest BCUT2D eigenvalue weighted by Crippen LogP contribution is -2.52. The number of carbonyl (C=O) groups excluding carboxylic acids is 2. The van der Waals surface area contributed by atoms with Gasteiger partial charge in [-0.25, -0.2) is 0 Å². The van der Waals surface area contributed by atoms with Crippen molar-refractivity contribution in [1.29, 1.82) is 0 Å². The highest BCUT2D eigenvalue weighted by Crippen LogP contribution is 2.13. The van der Waals surface area contributed by atoms with Gasteiger partial charge in [0.05, 0.1) is 0 Å². The summed E-state index contributed by atoms with van der Waals surface area (Å²) >= 11 is 0. The fraction of sp³-hybridized carbons (Fsp3) is 0.529. The van der Waals surface area contributed by atoms with Gasteiger partial charge in [0.1, 0.15) is 0 Å². The molecule has 2 amide bonds. The maximum absolute atomic E-state index is 12.5. The van der Waals surface area contributed by atoms with Crippen molar-refractivity contribution < 1.29 is 9.59 Å². The average molecular weight is 340 g/mol. The lowest BCUT2D eigenvalue weighted by molar-refractivity contribution is 0.0654. The van der Waals surface area contributed by atoms with Crippen LogP contribution < -0.4 is 5.32 Å². The number of hydrogen-bond donors (Lipinski definition) is 1. The van der Waals surface area contributed by atoms with Crippen LogP contribution in [0.5, 0.6) is 0 Å². The molecule has 1 saturated heterocycles. The fourth-order valence-electron chi connectivity index (χ4n) is 2.76. The molecule has 1 aliphatic heterocycles. The third kappa shape index (κ3) is 4.45. The highest BCUT2D eigenvalue weighted by atomic mass is 35.5. The molecule has 1 heterocycles. The first kappa shape index (κ1) is 19.5. The monoisotopic (exact) mass is 339 g/mol. The van der Waals surface area contributed by atoms with Gasteiger partial charge in [0.25, 0.3) is 11.8 Å². The molecule has 128 valence electrons. The molecule has 6 heteroatoms. The Balaban J connectivity index is 0.00000264. The molecule has 5 nitrogen and oxygen atoms in total. The average Bonchev–Trinajstić information content (AvgIpc) is 2.56. The van der Waals surface area contributed by atoms with Crippen molar-refractivity contribution in [3.8, 4) is 0 Å². The number of piperazine rings is 1. The molecule has 1 atom stereocenters. The molecule has 0 aliphatic carbocycles. The van der Waals surface area contributed by atoms with Gasteiger partial charge >= 0.3 is 0 Å². The van der Waals surface area contributed by atoms with Gasteiger partial charge in [-0.3, -0.25) is 9.59 Å². The number of nitrogens with zero attached hydrogens (tertiary/aromatic N) is 2. The van der Waals surface area contributed by atoms with Gasteiger partial charge in [-0.05, 0) is 45.0 Å². The number of benzene rings is 1. The van der Waals surface area contributed by atoms with E-state index in [0.717, 1.165) is 19.6 Å². The summed E-state index contributed by atoms with van der Waals surface area (Å²) in [5.41, 5.74) is 1.28. The van der Waals surface area contributed by atoms with Crippen molar-refractivity contribution >= 4 is 24.2 Å². The molecule has 0 spiro atoms. The highest BCUT2D eigenvalue weighted by Gasteiger charge is 2.24. The molecule has 1 fully saturated rings. The van der Waals surface area contributed by atoms with Crippen molar-refractivity contribution in [2.45, 2.75) is 26.8 Å². The van der Waals surface area contributed by atoms with Crippen molar-refractivity contribution in [3.63, 3.8) is 0 Å². The standard InChI is InChI=1S/C17H25N3O2.ClH/c1-4-19(5-2)16(21)14-6-8-15(9-7-14)17(22)20-11-10-18-12-13(20)3;/h6-9,13,18H,4-5,10-12H2,1-3H3;1H/t13-;/m1./s1. The first-order valence-corrected chi connectivity index (χ1v) is 7.99. The van der Waals surface area contributed by atoms with Crippen LogP contribution in [0.2, 0.25) is 0 Å². The van der Waals surface area contributed by atoms with E-state index >= 15 is 0 Å². The predicted molar refractivity (Wildman–Crippen MR) is 94.3 cm³/mol. The summed E-state index contributed by atoms with van der Waals surface area (Å²) in [6.45, 7) is 9.72. The van der Waals surface area contributed by atoms with E-state index in [1.807, 2.05) is 25.7 Å². The zero-order valence-electron chi connectivity index (χ0n) is 14.0. The molecule has 0 aromatic heterocycles. The second-order valence-electron chi connectivity index (χ2n) is 5.61. The van der Waals surface area contributed by atoms with Gasteiger partial charge in [0.15, 0.2) is 0 Å². The third-order valence-corrected chi connectivity index (χ3v) is 4.19. The molecule has 0 saturated carbocycles. The summed E-state index contributed by atoms with van der Waals surface area (Å²) in [7, 11) is 0. The largest absolute Gasteiger partial charge is 0.339 e. The molecule has 1 aromatic carbocycles. The second kappa shape index (κ2) is 8.89. The highest BCUT2D eigenvalue weighted by molar-refractivity contribution is 5.98. The van der Waals surface area contributed by atoms with Gasteiger partial charge in [-0.1, -0.05) is 0 Å². The molecule has 0 radical (unpaired) electrons. The minimum atomic E-state index is 0. The Morgan fingerprint density at radius 2 is 1.74 bits per heavy atom. The number of amides is 2. The summed E-state index contributed by atoms with van der Waals surface area (Å²) in [5.74, 6) is 0.0513. The van der Waals surface area contributed by atoms with Gasteiger partial charge in [0, 0.05) is 49.9 Å². The number of carbonyl (C=O) groups is 2. The maximum atomic E-state index is 12.5. The second-order valence-corrected chi connectivity index (χ2v) is 5.61. The van der Waals surface area contributed by atoms with E-state index in [1.54, 1.807) is 29.2 Å². The first-order chi connectivity index (χ1) is 10.6. The van der Waals surface area contributed by atoms with E-state index in [-0.39, 0.29) is 30.3 Å². The van der Waals surface area contributed by atoms with Crippen LogP contribution in [0.25, 0.3) is 0 Å². The lowest BCUT2D eigenvalue weighted by Gasteiger charge is -2.34. The SMILES string of the molecule is CCN(CC)C(=O)c1ccc(C(=O)N2CCNC[C@H]2C)cc1.Cl. The van der Waals surface area contributed by atoms with Gasteiger partial charge in [0.2, 0.25) is 0 Å². The maximum Gasteiger partial charge on any atom is 0.254 e. The van der Waals surface area contributed by atoms with E-state index in [9.17, 15) is 9.59 Å². The summed E-state index contributed by atoms with van der Waals surface area (Å²) in [4.78, 5) is 28.5. The van der Waals surface area contributed by atoms with Crippen LogP contribution in [0, 0.1) is 0 Å². The Hall–Kier alpha value is -1.59. The van der Waals surface area contributed by atoms with E-state index in [1.165, 1.54) is 0 Å². The van der Waals surface area contributed by atoms with E-state index < -0.39 is 0 Å². The fourth-order valence-corrected chi connectivity index (χ4v) is 2.76. The van der Waals surface area contributed by atoms with Crippen LogP contribution >= 0.6 is 12.4 Å². The third-order valence-electron chi connectivity index (χ3n) is 4.19. The molecule has 1 aliphatic rings. The molecule has 0 unspecified atom stereocenters. The van der Waals surface area contributed by atoms with Crippen LogP contribution in [0.4, 0.5) is 0 Å². The smallest absolute Gasteiger partial charge is 0.254 e. The summed E-state index contributed by atoms with van der Waals surface area (Å²) in [6, 6.07) is 7.21.